The normalized spacial score (nSPS) is 11.9. The van der Waals surface area contributed by atoms with E-state index in [1.807, 2.05) is 45.0 Å². The van der Waals surface area contributed by atoms with Crippen molar-refractivity contribution in [2.75, 3.05) is 24.5 Å². The van der Waals surface area contributed by atoms with Crippen molar-refractivity contribution in [3.05, 3.63) is 89.5 Å². The van der Waals surface area contributed by atoms with Gasteiger partial charge in [-0.2, -0.15) is 0 Å². The van der Waals surface area contributed by atoms with Crippen molar-refractivity contribution in [3.8, 4) is 5.75 Å². The number of aryl methyl sites for hydroxylation is 2. The molecule has 0 unspecified atom stereocenters. The minimum atomic E-state index is -4.13. The fraction of sp³-hybridized carbons (Fsp3) is 0.310. The minimum absolute atomic E-state index is 0.0268. The predicted molar refractivity (Wildman–Crippen MR) is 149 cm³/mol. The number of hydrogen-bond acceptors (Lipinski definition) is 5. The van der Waals surface area contributed by atoms with Crippen LogP contribution in [-0.4, -0.2) is 51.4 Å². The second-order valence-corrected chi connectivity index (χ2v) is 10.9. The molecule has 0 aliphatic carbocycles. The quantitative estimate of drug-likeness (QED) is 0.398. The molecule has 0 fully saturated rings. The first kappa shape index (κ1) is 28.7. The van der Waals surface area contributed by atoms with Gasteiger partial charge in [0.2, 0.25) is 11.8 Å². The standard InChI is InChI=1S/C29H35N3O5S/c1-6-37-26-14-16-27(17-15-26)38(35,36)32(25-12-10-21(2)11-13-25)20-28(33)31(23(4)29(34)30-5)19-24-9-7-8-22(3)18-24/h7-18,23H,6,19-20H2,1-5H3,(H,30,34)/t23-/m1/s1. The Morgan fingerprint density at radius 3 is 2.18 bits per heavy atom. The number of anilines is 1. The molecule has 1 atom stereocenters. The van der Waals surface area contributed by atoms with Gasteiger partial charge in [-0.25, -0.2) is 8.42 Å². The summed E-state index contributed by atoms with van der Waals surface area (Å²) in [6, 6.07) is 19.8. The highest BCUT2D eigenvalue weighted by Crippen LogP contribution is 2.26. The lowest BCUT2D eigenvalue weighted by Gasteiger charge is -2.32. The van der Waals surface area contributed by atoms with E-state index in [4.69, 9.17) is 4.74 Å². The van der Waals surface area contributed by atoms with Crippen LogP contribution in [0.2, 0.25) is 0 Å². The molecule has 38 heavy (non-hydrogen) atoms. The van der Waals surface area contributed by atoms with Crippen LogP contribution in [0, 0.1) is 13.8 Å². The van der Waals surface area contributed by atoms with Crippen molar-refractivity contribution in [1.82, 2.24) is 10.2 Å². The topological polar surface area (TPSA) is 96.0 Å². The molecule has 0 saturated heterocycles. The Balaban J connectivity index is 2.01. The number of nitrogens with one attached hydrogen (secondary N) is 1. The van der Waals surface area contributed by atoms with E-state index in [0.717, 1.165) is 21.0 Å². The summed E-state index contributed by atoms with van der Waals surface area (Å²) >= 11 is 0. The molecule has 9 heteroatoms. The molecular formula is C29H35N3O5S. The zero-order valence-corrected chi connectivity index (χ0v) is 23.3. The Hall–Kier alpha value is -3.85. The molecule has 0 radical (unpaired) electrons. The number of likely N-dealkylation sites (N-methyl/N-ethyl adjacent to an activating group) is 1. The van der Waals surface area contributed by atoms with E-state index in [9.17, 15) is 18.0 Å². The second kappa shape index (κ2) is 12.6. The minimum Gasteiger partial charge on any atom is -0.494 e. The first-order valence-corrected chi connectivity index (χ1v) is 13.9. The van der Waals surface area contributed by atoms with Gasteiger partial charge >= 0.3 is 0 Å². The Kier molecular flexibility index (Phi) is 9.52. The number of rotatable bonds is 11. The fourth-order valence-electron chi connectivity index (χ4n) is 4.04. The smallest absolute Gasteiger partial charge is 0.264 e. The Bertz CT molecular complexity index is 1360. The summed E-state index contributed by atoms with van der Waals surface area (Å²) in [5.41, 5.74) is 3.15. The monoisotopic (exact) mass is 537 g/mol. The van der Waals surface area contributed by atoms with Crippen molar-refractivity contribution >= 4 is 27.5 Å². The van der Waals surface area contributed by atoms with Gasteiger partial charge in [-0.3, -0.25) is 13.9 Å². The van der Waals surface area contributed by atoms with Crippen LogP contribution >= 0.6 is 0 Å². The molecule has 3 aromatic rings. The third-order valence-electron chi connectivity index (χ3n) is 6.17. The molecule has 0 heterocycles. The van der Waals surface area contributed by atoms with Crippen LogP contribution < -0.4 is 14.4 Å². The average Bonchev–Trinajstić information content (AvgIpc) is 2.90. The van der Waals surface area contributed by atoms with E-state index in [2.05, 4.69) is 5.32 Å². The zero-order valence-electron chi connectivity index (χ0n) is 22.5. The summed E-state index contributed by atoms with van der Waals surface area (Å²) < 4.78 is 34.2. The molecule has 0 aromatic heterocycles. The molecule has 2 amide bonds. The molecule has 3 rings (SSSR count). The maximum Gasteiger partial charge on any atom is 0.264 e. The Labute approximate surface area is 225 Å². The maximum atomic E-state index is 13.8. The summed E-state index contributed by atoms with van der Waals surface area (Å²) in [5.74, 6) is -0.298. The van der Waals surface area contributed by atoms with E-state index in [0.29, 0.717) is 18.0 Å². The van der Waals surface area contributed by atoms with Gasteiger partial charge in [0, 0.05) is 13.6 Å². The van der Waals surface area contributed by atoms with Crippen molar-refractivity contribution in [1.29, 1.82) is 0 Å². The van der Waals surface area contributed by atoms with Crippen LogP contribution in [0.25, 0.3) is 0 Å². The summed E-state index contributed by atoms with van der Waals surface area (Å²) in [6.07, 6.45) is 0. The highest BCUT2D eigenvalue weighted by molar-refractivity contribution is 7.92. The van der Waals surface area contributed by atoms with E-state index in [1.165, 1.54) is 24.1 Å². The van der Waals surface area contributed by atoms with Gasteiger partial charge in [0.25, 0.3) is 10.0 Å². The predicted octanol–water partition coefficient (Wildman–Crippen LogP) is 4.06. The first-order chi connectivity index (χ1) is 18.1. The average molecular weight is 538 g/mol. The fourth-order valence-corrected chi connectivity index (χ4v) is 5.45. The largest absolute Gasteiger partial charge is 0.494 e. The third kappa shape index (κ3) is 6.92. The van der Waals surface area contributed by atoms with E-state index in [-0.39, 0.29) is 17.3 Å². The Morgan fingerprint density at radius 1 is 0.947 bits per heavy atom. The molecule has 0 saturated carbocycles. The van der Waals surface area contributed by atoms with Gasteiger partial charge < -0.3 is 15.0 Å². The maximum absolute atomic E-state index is 13.8. The molecule has 3 aromatic carbocycles. The van der Waals surface area contributed by atoms with E-state index in [1.54, 1.807) is 43.3 Å². The van der Waals surface area contributed by atoms with Gasteiger partial charge in [-0.1, -0.05) is 47.5 Å². The number of nitrogens with zero attached hydrogens (tertiary/aromatic N) is 2. The van der Waals surface area contributed by atoms with Crippen molar-refractivity contribution in [2.24, 2.45) is 0 Å². The van der Waals surface area contributed by atoms with Crippen LogP contribution in [0.4, 0.5) is 5.69 Å². The zero-order chi connectivity index (χ0) is 27.9. The third-order valence-corrected chi connectivity index (χ3v) is 7.96. The Morgan fingerprint density at radius 2 is 1.61 bits per heavy atom. The second-order valence-electron chi connectivity index (χ2n) is 9.05. The molecule has 0 bridgehead atoms. The lowest BCUT2D eigenvalue weighted by molar-refractivity contribution is -0.139. The molecule has 202 valence electrons. The number of carbonyl (C=O) groups is 2. The van der Waals surface area contributed by atoms with Gasteiger partial charge in [-0.15, -0.1) is 0 Å². The lowest BCUT2D eigenvalue weighted by atomic mass is 10.1. The van der Waals surface area contributed by atoms with E-state index < -0.39 is 28.5 Å². The van der Waals surface area contributed by atoms with Gasteiger partial charge in [0.15, 0.2) is 0 Å². The highest BCUT2D eigenvalue weighted by atomic mass is 32.2. The van der Waals surface area contributed by atoms with Crippen molar-refractivity contribution in [2.45, 2.75) is 45.2 Å². The molecule has 0 aliphatic heterocycles. The summed E-state index contributed by atoms with van der Waals surface area (Å²) in [5, 5.41) is 2.58. The summed E-state index contributed by atoms with van der Waals surface area (Å²) in [7, 11) is -2.63. The lowest BCUT2D eigenvalue weighted by Crippen LogP contribution is -2.50. The summed E-state index contributed by atoms with van der Waals surface area (Å²) in [6.45, 7) is 7.44. The molecule has 0 spiro atoms. The van der Waals surface area contributed by atoms with Gasteiger partial charge in [0.05, 0.1) is 17.2 Å². The molecule has 1 N–H and O–H groups in total. The van der Waals surface area contributed by atoms with Crippen LogP contribution in [0.15, 0.2) is 77.7 Å². The number of amides is 2. The van der Waals surface area contributed by atoms with Crippen LogP contribution in [-0.2, 0) is 26.2 Å². The SMILES string of the molecule is CCOc1ccc(S(=O)(=O)N(CC(=O)N(Cc2cccc(C)c2)[C@H](C)C(=O)NC)c2ccc(C)cc2)cc1. The van der Waals surface area contributed by atoms with Crippen LogP contribution in [0.1, 0.15) is 30.5 Å². The van der Waals surface area contributed by atoms with Crippen LogP contribution in [0.3, 0.4) is 0 Å². The number of sulfonamides is 1. The molecule has 8 nitrogen and oxygen atoms in total. The number of carbonyl (C=O) groups excluding carboxylic acids is 2. The summed E-state index contributed by atoms with van der Waals surface area (Å²) in [4.78, 5) is 27.8. The van der Waals surface area contributed by atoms with Gasteiger partial charge in [-0.05, 0) is 69.7 Å². The van der Waals surface area contributed by atoms with Crippen molar-refractivity contribution < 1.29 is 22.7 Å². The highest BCUT2D eigenvalue weighted by Gasteiger charge is 2.32. The number of hydrogen-bond donors (Lipinski definition) is 1. The first-order valence-electron chi connectivity index (χ1n) is 12.5. The van der Waals surface area contributed by atoms with Gasteiger partial charge in [0.1, 0.15) is 18.3 Å². The van der Waals surface area contributed by atoms with Crippen LogP contribution in [0.5, 0.6) is 5.75 Å². The molecular weight excluding hydrogens is 502 g/mol. The number of benzene rings is 3. The molecule has 0 aliphatic rings. The van der Waals surface area contributed by atoms with Crippen molar-refractivity contribution in [3.63, 3.8) is 0 Å². The van der Waals surface area contributed by atoms with E-state index >= 15 is 0 Å². The number of ether oxygens (including phenoxy) is 1.